The molecular weight excluding hydrogens is 771 g/mol. The van der Waals surface area contributed by atoms with E-state index in [1.165, 1.54) is 32.6 Å². The van der Waals surface area contributed by atoms with Crippen LogP contribution in [0.2, 0.25) is 0 Å². The minimum Gasteiger partial charge on any atom is -0.456 e. The highest BCUT2D eigenvalue weighted by Crippen LogP contribution is 2.43. The lowest BCUT2D eigenvalue weighted by Crippen LogP contribution is -2.00. The zero-order chi connectivity index (χ0) is 41.4. The molecule has 0 aliphatic heterocycles. The van der Waals surface area contributed by atoms with Gasteiger partial charge in [-0.3, -0.25) is 0 Å². The summed E-state index contributed by atoms with van der Waals surface area (Å²) in [4.78, 5) is 15.3. The molecule has 0 aliphatic rings. The maximum absolute atomic E-state index is 6.51. The molecule has 0 saturated carbocycles. The number of para-hydroxylation sites is 3. The summed E-state index contributed by atoms with van der Waals surface area (Å²) in [5.41, 5.74) is 13.5. The molecule has 0 fully saturated rings. The van der Waals surface area contributed by atoms with E-state index < -0.39 is 0 Å². The monoisotopic (exact) mass is 805 g/mol. The third kappa shape index (κ3) is 5.55. The van der Waals surface area contributed by atoms with E-state index >= 15 is 0 Å². The highest BCUT2D eigenvalue weighted by atomic mass is 16.3. The Balaban J connectivity index is 0.950. The molecule has 0 aliphatic carbocycles. The number of nitrogens with zero attached hydrogens (tertiary/aromatic N) is 5. The first-order valence-electron chi connectivity index (χ1n) is 21.2. The Kier molecular flexibility index (Phi) is 7.80. The minimum absolute atomic E-state index is 0.578. The summed E-state index contributed by atoms with van der Waals surface area (Å²) in [6.07, 6.45) is 0. The van der Waals surface area contributed by atoms with Gasteiger partial charge >= 0.3 is 0 Å². The molecule has 0 saturated heterocycles. The SMILES string of the molecule is c1ccc(-c2nc(-c3ccc(-n4c5ccccc5c5c6c7ccccc7n(-c7ccccc7)c6ccc54)cc3)nc(-c3ccc4c(c3)oc3cccc(-c5ccccc5)c34)n2)cc1. The fraction of sp³-hybridized carbons (Fsp3) is 0. The zero-order valence-electron chi connectivity index (χ0n) is 33.9. The normalized spacial score (nSPS) is 11.8. The van der Waals surface area contributed by atoms with Crippen molar-refractivity contribution in [3.63, 3.8) is 0 Å². The number of furan rings is 1. The second kappa shape index (κ2) is 14.0. The van der Waals surface area contributed by atoms with Crippen LogP contribution in [0.25, 0.3) is 122 Å². The van der Waals surface area contributed by atoms with E-state index in [2.05, 4.69) is 179 Å². The van der Waals surface area contributed by atoms with Gasteiger partial charge in [0.25, 0.3) is 0 Å². The molecule has 4 aromatic heterocycles. The van der Waals surface area contributed by atoms with Crippen molar-refractivity contribution in [3.05, 3.63) is 212 Å². The van der Waals surface area contributed by atoms with E-state index in [-0.39, 0.29) is 0 Å². The molecule has 4 heterocycles. The summed E-state index contributed by atoms with van der Waals surface area (Å²) >= 11 is 0. The van der Waals surface area contributed by atoms with Gasteiger partial charge in [0.1, 0.15) is 11.2 Å². The number of benzene rings is 9. The van der Waals surface area contributed by atoms with Crippen LogP contribution in [0.3, 0.4) is 0 Å². The topological polar surface area (TPSA) is 61.7 Å². The Morgan fingerprint density at radius 2 is 0.794 bits per heavy atom. The Hall–Kier alpha value is -8.61. The van der Waals surface area contributed by atoms with Crippen LogP contribution in [0.15, 0.2) is 217 Å². The smallest absolute Gasteiger partial charge is 0.164 e. The Bertz CT molecular complexity index is 3890. The Morgan fingerprint density at radius 3 is 1.41 bits per heavy atom. The molecule has 13 aromatic rings. The Labute approximate surface area is 361 Å². The Morgan fingerprint density at radius 1 is 0.302 bits per heavy atom. The van der Waals surface area contributed by atoms with Gasteiger partial charge in [0.05, 0.1) is 22.1 Å². The lowest BCUT2D eigenvalue weighted by Gasteiger charge is -2.11. The maximum Gasteiger partial charge on any atom is 0.164 e. The molecule has 9 aromatic carbocycles. The quantitative estimate of drug-likeness (QED) is 0.168. The molecule has 6 nitrogen and oxygen atoms in total. The highest BCUT2D eigenvalue weighted by molar-refractivity contribution is 6.29. The predicted molar refractivity (Wildman–Crippen MR) is 258 cm³/mol. The van der Waals surface area contributed by atoms with Crippen molar-refractivity contribution >= 4 is 65.6 Å². The molecule has 0 bridgehead atoms. The van der Waals surface area contributed by atoms with E-state index in [9.17, 15) is 0 Å². The number of hydrogen-bond donors (Lipinski definition) is 0. The molecule has 0 N–H and O–H groups in total. The second-order valence-electron chi connectivity index (χ2n) is 16.0. The van der Waals surface area contributed by atoms with Gasteiger partial charge < -0.3 is 13.6 Å². The van der Waals surface area contributed by atoms with Gasteiger partial charge in [-0.25, -0.2) is 15.0 Å². The standard InChI is InChI=1S/C57H35N5O/c1-4-15-36(16-5-1)42-23-14-26-50-52(42)45-32-29-39(35-51(45)63-50)57-59-55(37-17-6-2-7-18-37)58-56(60-57)38-27-30-41(31-28-38)62-47-25-13-11-22-44(47)54-49(62)34-33-48-53(54)43-21-10-12-24-46(43)61(48)40-19-8-3-9-20-40/h1-35H. The van der Waals surface area contributed by atoms with Crippen LogP contribution in [0, 0.1) is 0 Å². The van der Waals surface area contributed by atoms with Crippen LogP contribution < -0.4 is 0 Å². The molecule has 0 unspecified atom stereocenters. The van der Waals surface area contributed by atoms with Crippen molar-refractivity contribution in [3.8, 4) is 56.7 Å². The van der Waals surface area contributed by atoms with Gasteiger partial charge in [0.2, 0.25) is 0 Å². The molecule has 0 amide bonds. The predicted octanol–water partition coefficient (Wildman–Crippen LogP) is 14.6. The zero-order valence-corrected chi connectivity index (χ0v) is 33.9. The van der Waals surface area contributed by atoms with Crippen molar-refractivity contribution in [2.45, 2.75) is 0 Å². The average Bonchev–Trinajstić information content (AvgIpc) is 4.02. The number of aromatic nitrogens is 5. The van der Waals surface area contributed by atoms with Crippen molar-refractivity contribution in [1.82, 2.24) is 24.1 Å². The first-order chi connectivity index (χ1) is 31.2. The molecule has 294 valence electrons. The van der Waals surface area contributed by atoms with Crippen molar-refractivity contribution < 1.29 is 4.42 Å². The second-order valence-corrected chi connectivity index (χ2v) is 16.0. The van der Waals surface area contributed by atoms with E-state index in [0.717, 1.165) is 72.2 Å². The summed E-state index contributed by atoms with van der Waals surface area (Å²) in [5.74, 6) is 1.78. The lowest BCUT2D eigenvalue weighted by atomic mass is 9.99. The molecule has 6 heteroatoms. The molecule has 0 atom stereocenters. The fourth-order valence-electron chi connectivity index (χ4n) is 9.58. The molecule has 0 radical (unpaired) electrons. The molecular formula is C57H35N5O. The van der Waals surface area contributed by atoms with Crippen molar-refractivity contribution in [2.75, 3.05) is 0 Å². The summed E-state index contributed by atoms with van der Waals surface area (Å²) in [6.45, 7) is 0. The van der Waals surface area contributed by atoms with Crippen LogP contribution in [0.4, 0.5) is 0 Å². The first kappa shape index (κ1) is 35.2. The number of rotatable bonds is 6. The van der Waals surface area contributed by atoms with E-state index in [4.69, 9.17) is 19.4 Å². The largest absolute Gasteiger partial charge is 0.456 e. The minimum atomic E-state index is 0.578. The fourth-order valence-corrected chi connectivity index (χ4v) is 9.58. The van der Waals surface area contributed by atoms with Gasteiger partial charge in [0.15, 0.2) is 17.5 Å². The maximum atomic E-state index is 6.51. The van der Waals surface area contributed by atoms with E-state index in [0.29, 0.717) is 17.5 Å². The molecule has 0 spiro atoms. The van der Waals surface area contributed by atoms with E-state index in [1.54, 1.807) is 0 Å². The van der Waals surface area contributed by atoms with Crippen LogP contribution in [-0.2, 0) is 0 Å². The van der Waals surface area contributed by atoms with Gasteiger partial charge in [-0.1, -0.05) is 133 Å². The molecule has 63 heavy (non-hydrogen) atoms. The third-order valence-electron chi connectivity index (χ3n) is 12.4. The number of hydrogen-bond acceptors (Lipinski definition) is 4. The van der Waals surface area contributed by atoms with Gasteiger partial charge in [-0.15, -0.1) is 0 Å². The van der Waals surface area contributed by atoms with Gasteiger partial charge in [0, 0.05) is 60.4 Å². The molecule has 13 rings (SSSR count). The van der Waals surface area contributed by atoms with Crippen LogP contribution in [0.5, 0.6) is 0 Å². The first-order valence-corrected chi connectivity index (χ1v) is 21.2. The lowest BCUT2D eigenvalue weighted by molar-refractivity contribution is 0.669. The average molecular weight is 806 g/mol. The van der Waals surface area contributed by atoms with Gasteiger partial charge in [-0.2, -0.15) is 0 Å². The number of fused-ring (bicyclic) bond motifs is 10. The van der Waals surface area contributed by atoms with E-state index in [1.807, 2.05) is 42.5 Å². The van der Waals surface area contributed by atoms with Crippen LogP contribution >= 0.6 is 0 Å². The van der Waals surface area contributed by atoms with Gasteiger partial charge in [-0.05, 0) is 90.0 Å². The summed E-state index contributed by atoms with van der Waals surface area (Å²) in [6, 6.07) is 74.3. The summed E-state index contributed by atoms with van der Waals surface area (Å²) < 4.78 is 11.3. The third-order valence-corrected chi connectivity index (χ3v) is 12.4. The summed E-state index contributed by atoms with van der Waals surface area (Å²) in [7, 11) is 0. The van der Waals surface area contributed by atoms with Crippen LogP contribution in [-0.4, -0.2) is 24.1 Å². The van der Waals surface area contributed by atoms with Crippen LogP contribution in [0.1, 0.15) is 0 Å². The summed E-state index contributed by atoms with van der Waals surface area (Å²) in [5, 5.41) is 7.09. The van der Waals surface area contributed by atoms with Crippen molar-refractivity contribution in [2.24, 2.45) is 0 Å². The highest BCUT2D eigenvalue weighted by Gasteiger charge is 2.21. The van der Waals surface area contributed by atoms with Crippen molar-refractivity contribution in [1.29, 1.82) is 0 Å².